The summed E-state index contributed by atoms with van der Waals surface area (Å²) >= 11 is 0. The van der Waals surface area contributed by atoms with E-state index in [1.807, 2.05) is 4.90 Å². The van der Waals surface area contributed by atoms with Gasteiger partial charge in [0.2, 0.25) is 5.91 Å². The molecule has 2 N–H and O–H groups in total. The number of carbonyl (C=O) groups is 2. The summed E-state index contributed by atoms with van der Waals surface area (Å²) in [7, 11) is 0. The van der Waals surface area contributed by atoms with Crippen LogP contribution < -0.4 is 10.6 Å². The number of carbonyl (C=O) groups excluding carboxylic acids is 2. The van der Waals surface area contributed by atoms with Gasteiger partial charge in [0.1, 0.15) is 5.82 Å². The molecule has 2 atom stereocenters. The molecule has 0 saturated carbocycles. The van der Waals surface area contributed by atoms with Crippen LogP contribution in [0.2, 0.25) is 0 Å². The summed E-state index contributed by atoms with van der Waals surface area (Å²) in [6.45, 7) is 4.51. The van der Waals surface area contributed by atoms with Crippen molar-refractivity contribution in [3.63, 3.8) is 0 Å². The summed E-state index contributed by atoms with van der Waals surface area (Å²) in [5.74, 6) is -0.0207. The summed E-state index contributed by atoms with van der Waals surface area (Å²) in [5, 5.41) is 6.22. The lowest BCUT2D eigenvalue weighted by Crippen LogP contribution is -2.46. The van der Waals surface area contributed by atoms with Crippen molar-refractivity contribution in [3.8, 4) is 0 Å². The Bertz CT molecular complexity index is 650. The summed E-state index contributed by atoms with van der Waals surface area (Å²) in [5.41, 5.74) is 1.01. The van der Waals surface area contributed by atoms with Gasteiger partial charge < -0.3 is 15.5 Å². The summed E-state index contributed by atoms with van der Waals surface area (Å²) < 4.78 is 13.4. The van der Waals surface area contributed by atoms with Crippen molar-refractivity contribution < 1.29 is 14.0 Å². The van der Waals surface area contributed by atoms with Gasteiger partial charge in [0.15, 0.2) is 0 Å². The zero-order valence-corrected chi connectivity index (χ0v) is 15.9. The Kier molecular flexibility index (Phi) is 7.41. The van der Waals surface area contributed by atoms with Crippen LogP contribution in [0.5, 0.6) is 0 Å². The molecular weight excluding hydrogens is 357 g/mol. The molecule has 1 aromatic rings. The third kappa shape index (κ3) is 4.95. The lowest BCUT2D eigenvalue weighted by molar-refractivity contribution is -0.123. The standard InChI is InChI=1S/C19H26FN3O2.ClH/c1-13-10-15(6-7-16(13)20)19(25)23-9-3-4-14(12-23)11-22-18(24)17-5-2-8-21-17;/h6-7,10,14,17,21H,2-5,8-9,11-12H2,1H3,(H,22,24);1H. The summed E-state index contributed by atoms with van der Waals surface area (Å²) in [6, 6.07) is 4.43. The minimum Gasteiger partial charge on any atom is -0.354 e. The minimum absolute atomic E-state index is 0. The molecule has 7 heteroatoms. The van der Waals surface area contributed by atoms with E-state index >= 15 is 0 Å². The van der Waals surface area contributed by atoms with E-state index in [-0.39, 0.29) is 42.0 Å². The maximum absolute atomic E-state index is 13.4. The van der Waals surface area contributed by atoms with Gasteiger partial charge in [-0.05, 0) is 68.8 Å². The van der Waals surface area contributed by atoms with Crippen LogP contribution in [0.1, 0.15) is 41.6 Å². The van der Waals surface area contributed by atoms with Crippen LogP contribution in [0, 0.1) is 18.7 Å². The molecule has 2 aliphatic heterocycles. The van der Waals surface area contributed by atoms with Crippen molar-refractivity contribution in [2.75, 3.05) is 26.2 Å². The Morgan fingerprint density at radius 3 is 2.81 bits per heavy atom. The van der Waals surface area contributed by atoms with Gasteiger partial charge >= 0.3 is 0 Å². The van der Waals surface area contributed by atoms with Crippen molar-refractivity contribution >= 4 is 24.2 Å². The quantitative estimate of drug-likeness (QED) is 0.838. The predicted octanol–water partition coefficient (Wildman–Crippen LogP) is 2.28. The largest absolute Gasteiger partial charge is 0.354 e. The smallest absolute Gasteiger partial charge is 0.253 e. The number of hydrogen-bond donors (Lipinski definition) is 2. The maximum Gasteiger partial charge on any atom is 0.253 e. The number of rotatable bonds is 4. The number of amides is 2. The molecule has 26 heavy (non-hydrogen) atoms. The van der Waals surface area contributed by atoms with Gasteiger partial charge in [0.25, 0.3) is 5.91 Å². The zero-order valence-electron chi connectivity index (χ0n) is 15.1. The van der Waals surface area contributed by atoms with Gasteiger partial charge in [0, 0.05) is 25.2 Å². The summed E-state index contributed by atoms with van der Waals surface area (Å²) in [6.07, 6.45) is 3.87. The Morgan fingerprint density at radius 1 is 1.31 bits per heavy atom. The van der Waals surface area contributed by atoms with Crippen LogP contribution >= 0.6 is 12.4 Å². The van der Waals surface area contributed by atoms with Gasteiger partial charge in [-0.1, -0.05) is 0 Å². The lowest BCUT2D eigenvalue weighted by Gasteiger charge is -2.33. The fourth-order valence-electron chi connectivity index (χ4n) is 3.65. The second kappa shape index (κ2) is 9.33. The first-order valence-corrected chi connectivity index (χ1v) is 9.11. The SMILES string of the molecule is Cc1cc(C(=O)N2CCCC(CNC(=O)C3CCCN3)C2)ccc1F.Cl. The van der Waals surface area contributed by atoms with Crippen molar-refractivity contribution in [3.05, 3.63) is 35.1 Å². The molecule has 1 aromatic carbocycles. The third-order valence-electron chi connectivity index (χ3n) is 5.15. The molecule has 2 unspecified atom stereocenters. The maximum atomic E-state index is 13.4. The number of nitrogens with zero attached hydrogens (tertiary/aromatic N) is 1. The van der Waals surface area contributed by atoms with E-state index in [2.05, 4.69) is 10.6 Å². The number of nitrogens with one attached hydrogen (secondary N) is 2. The van der Waals surface area contributed by atoms with Crippen molar-refractivity contribution in [2.45, 2.75) is 38.6 Å². The monoisotopic (exact) mass is 383 g/mol. The van der Waals surface area contributed by atoms with Crippen molar-refractivity contribution in [1.82, 2.24) is 15.5 Å². The first-order valence-electron chi connectivity index (χ1n) is 9.11. The van der Waals surface area contributed by atoms with E-state index in [1.165, 1.54) is 6.07 Å². The topological polar surface area (TPSA) is 61.4 Å². The van der Waals surface area contributed by atoms with Gasteiger partial charge in [0.05, 0.1) is 6.04 Å². The van der Waals surface area contributed by atoms with Crippen LogP contribution in [0.25, 0.3) is 0 Å². The average Bonchev–Trinajstić information content (AvgIpc) is 3.16. The number of benzene rings is 1. The van der Waals surface area contributed by atoms with Crippen LogP contribution in [0.15, 0.2) is 18.2 Å². The van der Waals surface area contributed by atoms with Crippen LogP contribution in [-0.2, 0) is 4.79 Å². The Morgan fingerprint density at radius 2 is 2.12 bits per heavy atom. The molecule has 3 rings (SSSR count). The van der Waals surface area contributed by atoms with E-state index in [0.29, 0.717) is 30.8 Å². The highest BCUT2D eigenvalue weighted by molar-refractivity contribution is 5.94. The molecule has 0 radical (unpaired) electrons. The Labute approximate surface area is 160 Å². The molecule has 0 spiro atoms. The fourth-order valence-corrected chi connectivity index (χ4v) is 3.65. The number of piperidine rings is 1. The van der Waals surface area contributed by atoms with Gasteiger partial charge in [-0.2, -0.15) is 0 Å². The van der Waals surface area contributed by atoms with Gasteiger partial charge in [-0.25, -0.2) is 4.39 Å². The second-order valence-electron chi connectivity index (χ2n) is 7.12. The van der Waals surface area contributed by atoms with Crippen LogP contribution in [-0.4, -0.2) is 48.9 Å². The number of halogens is 2. The molecule has 2 saturated heterocycles. The fraction of sp³-hybridized carbons (Fsp3) is 0.579. The Hall–Kier alpha value is -1.66. The highest BCUT2D eigenvalue weighted by atomic mass is 35.5. The van der Waals surface area contributed by atoms with Crippen LogP contribution in [0.3, 0.4) is 0 Å². The molecule has 0 aromatic heterocycles. The predicted molar refractivity (Wildman–Crippen MR) is 101 cm³/mol. The van der Waals surface area contributed by atoms with E-state index in [4.69, 9.17) is 0 Å². The Balaban J connectivity index is 0.00000243. The highest BCUT2D eigenvalue weighted by Gasteiger charge is 2.27. The van der Waals surface area contributed by atoms with Crippen molar-refractivity contribution in [1.29, 1.82) is 0 Å². The number of aryl methyl sites for hydroxylation is 1. The lowest BCUT2D eigenvalue weighted by atomic mass is 9.97. The molecule has 0 bridgehead atoms. The third-order valence-corrected chi connectivity index (χ3v) is 5.15. The van der Waals surface area contributed by atoms with Crippen molar-refractivity contribution in [2.24, 2.45) is 5.92 Å². The van der Waals surface area contributed by atoms with Gasteiger partial charge in [-0.3, -0.25) is 9.59 Å². The van der Waals surface area contributed by atoms with Crippen LogP contribution in [0.4, 0.5) is 4.39 Å². The first kappa shape index (κ1) is 20.6. The zero-order chi connectivity index (χ0) is 17.8. The normalized spacial score (nSPS) is 22.6. The number of likely N-dealkylation sites (tertiary alicyclic amines) is 1. The number of hydrogen-bond acceptors (Lipinski definition) is 3. The molecule has 0 aliphatic carbocycles. The molecule has 2 fully saturated rings. The molecule has 5 nitrogen and oxygen atoms in total. The van der Waals surface area contributed by atoms with E-state index in [1.54, 1.807) is 19.1 Å². The molecular formula is C19H27ClFN3O2. The second-order valence-corrected chi connectivity index (χ2v) is 7.12. The average molecular weight is 384 g/mol. The minimum atomic E-state index is -0.295. The highest BCUT2D eigenvalue weighted by Crippen LogP contribution is 2.19. The van der Waals surface area contributed by atoms with Gasteiger partial charge in [-0.15, -0.1) is 12.4 Å². The van der Waals surface area contributed by atoms with E-state index < -0.39 is 0 Å². The first-order chi connectivity index (χ1) is 12.0. The molecule has 2 aliphatic rings. The summed E-state index contributed by atoms with van der Waals surface area (Å²) in [4.78, 5) is 26.6. The van der Waals surface area contributed by atoms with E-state index in [0.717, 1.165) is 32.2 Å². The molecule has 2 amide bonds. The van der Waals surface area contributed by atoms with E-state index in [9.17, 15) is 14.0 Å². The molecule has 2 heterocycles. The molecule has 144 valence electrons.